The molecule has 0 N–H and O–H groups in total. The van der Waals surface area contributed by atoms with Crippen LogP contribution >= 0.6 is 0 Å². The summed E-state index contributed by atoms with van der Waals surface area (Å²) < 4.78 is 0. The lowest BCUT2D eigenvalue weighted by molar-refractivity contribution is 0.263. The van der Waals surface area contributed by atoms with Crippen LogP contribution in [0.15, 0.2) is 48.9 Å². The van der Waals surface area contributed by atoms with Gasteiger partial charge in [-0.15, -0.1) is 0 Å². The van der Waals surface area contributed by atoms with Crippen LogP contribution in [-0.2, 0) is 0 Å². The van der Waals surface area contributed by atoms with Crippen LogP contribution in [0.2, 0.25) is 0 Å². The molecule has 1 aliphatic rings. The molecule has 0 saturated carbocycles. The van der Waals surface area contributed by atoms with Crippen molar-refractivity contribution in [2.75, 3.05) is 37.6 Å². The first kappa shape index (κ1) is 14.6. The van der Waals surface area contributed by atoms with Gasteiger partial charge in [0.2, 0.25) is 0 Å². The maximum Gasteiger partial charge on any atom is 0.128 e. The first-order valence-corrected chi connectivity index (χ1v) is 7.69. The van der Waals surface area contributed by atoms with Crippen LogP contribution in [0, 0.1) is 11.8 Å². The van der Waals surface area contributed by atoms with E-state index in [1.807, 2.05) is 30.5 Å². The molecule has 0 spiro atoms. The molecule has 1 saturated heterocycles. The highest BCUT2D eigenvalue weighted by Gasteiger charge is 2.16. The topological polar surface area (TPSA) is 32.3 Å². The summed E-state index contributed by atoms with van der Waals surface area (Å²) in [5.41, 5.74) is 0.988. The Labute approximate surface area is 131 Å². The van der Waals surface area contributed by atoms with Gasteiger partial charge in [0.1, 0.15) is 5.82 Å². The molecule has 2 aromatic heterocycles. The summed E-state index contributed by atoms with van der Waals surface area (Å²) in [4.78, 5) is 13.3. The van der Waals surface area contributed by atoms with E-state index in [2.05, 4.69) is 37.7 Å². The average molecular weight is 292 g/mol. The van der Waals surface area contributed by atoms with E-state index in [1.165, 1.54) is 0 Å². The minimum absolute atomic E-state index is 0.901. The van der Waals surface area contributed by atoms with Gasteiger partial charge in [0.05, 0.1) is 0 Å². The first-order valence-electron chi connectivity index (χ1n) is 7.69. The highest BCUT2D eigenvalue weighted by atomic mass is 15.3. The summed E-state index contributed by atoms with van der Waals surface area (Å²) in [6.45, 7) is 5.25. The van der Waals surface area contributed by atoms with E-state index in [4.69, 9.17) is 0 Å². The Morgan fingerprint density at radius 2 is 1.91 bits per heavy atom. The second kappa shape index (κ2) is 7.58. The third kappa shape index (κ3) is 4.06. The predicted molar refractivity (Wildman–Crippen MR) is 88.6 cm³/mol. The summed E-state index contributed by atoms with van der Waals surface area (Å²) in [6.07, 6.45) is 6.33. The Hall–Kier alpha value is -2.38. The van der Waals surface area contributed by atoms with Gasteiger partial charge >= 0.3 is 0 Å². The van der Waals surface area contributed by atoms with E-state index in [0.717, 1.165) is 50.5 Å². The quantitative estimate of drug-likeness (QED) is 0.810. The molecule has 0 bridgehead atoms. The van der Waals surface area contributed by atoms with Gasteiger partial charge in [0.15, 0.2) is 0 Å². The smallest absolute Gasteiger partial charge is 0.128 e. The highest BCUT2D eigenvalue weighted by molar-refractivity contribution is 5.38. The molecule has 0 aliphatic carbocycles. The third-order valence-corrected chi connectivity index (χ3v) is 3.79. The lowest BCUT2D eigenvalue weighted by atomic mass is 10.2. The maximum absolute atomic E-state index is 4.42. The molecule has 0 unspecified atom stereocenters. The van der Waals surface area contributed by atoms with Crippen LogP contribution in [0.4, 0.5) is 5.82 Å². The average Bonchev–Trinajstić information content (AvgIpc) is 2.61. The van der Waals surface area contributed by atoms with Crippen molar-refractivity contribution >= 4 is 5.82 Å². The van der Waals surface area contributed by atoms with Gasteiger partial charge in [0.25, 0.3) is 0 Å². The summed E-state index contributed by atoms with van der Waals surface area (Å²) in [5, 5.41) is 0. The molecule has 1 aliphatic heterocycles. The minimum Gasteiger partial charge on any atom is -0.354 e. The number of hydrogen-bond donors (Lipinski definition) is 0. The van der Waals surface area contributed by atoms with E-state index in [9.17, 15) is 0 Å². The Bertz CT molecular complexity index is 622. The minimum atomic E-state index is 0.901. The number of aromatic nitrogens is 2. The molecule has 0 aromatic carbocycles. The lowest BCUT2D eigenvalue weighted by Crippen LogP contribution is -2.46. The normalized spacial score (nSPS) is 15.2. The summed E-state index contributed by atoms with van der Waals surface area (Å²) >= 11 is 0. The van der Waals surface area contributed by atoms with Crippen LogP contribution in [0.5, 0.6) is 0 Å². The van der Waals surface area contributed by atoms with Crippen molar-refractivity contribution in [3.05, 3.63) is 54.5 Å². The van der Waals surface area contributed by atoms with Gasteiger partial charge in [-0.2, -0.15) is 0 Å². The Balaban J connectivity index is 1.42. The summed E-state index contributed by atoms with van der Waals surface area (Å²) in [6, 6.07) is 9.99. The first-order chi connectivity index (χ1) is 10.9. The summed E-state index contributed by atoms with van der Waals surface area (Å²) in [5.74, 6) is 7.48. The van der Waals surface area contributed by atoms with Crippen LogP contribution in [0.3, 0.4) is 0 Å². The second-order valence-electron chi connectivity index (χ2n) is 5.31. The molecule has 4 heteroatoms. The van der Waals surface area contributed by atoms with E-state index in [1.54, 1.807) is 12.4 Å². The largest absolute Gasteiger partial charge is 0.354 e. The monoisotopic (exact) mass is 292 g/mol. The van der Waals surface area contributed by atoms with Crippen molar-refractivity contribution in [1.29, 1.82) is 0 Å². The summed E-state index contributed by atoms with van der Waals surface area (Å²) in [7, 11) is 0. The molecule has 2 aromatic rings. The Morgan fingerprint density at radius 1 is 1.00 bits per heavy atom. The van der Waals surface area contributed by atoms with Gasteiger partial charge in [0, 0.05) is 63.3 Å². The van der Waals surface area contributed by atoms with E-state index < -0.39 is 0 Å². The van der Waals surface area contributed by atoms with Crippen molar-refractivity contribution in [3.8, 4) is 11.8 Å². The third-order valence-electron chi connectivity index (χ3n) is 3.79. The molecule has 0 radical (unpaired) electrons. The second-order valence-corrected chi connectivity index (χ2v) is 5.31. The highest BCUT2D eigenvalue weighted by Crippen LogP contribution is 2.12. The van der Waals surface area contributed by atoms with Gasteiger partial charge in [-0.3, -0.25) is 9.88 Å². The van der Waals surface area contributed by atoms with Crippen molar-refractivity contribution < 1.29 is 0 Å². The van der Waals surface area contributed by atoms with E-state index >= 15 is 0 Å². The Kier molecular flexibility index (Phi) is 5.01. The number of anilines is 1. The van der Waals surface area contributed by atoms with Gasteiger partial charge < -0.3 is 4.90 Å². The molecule has 112 valence electrons. The molecule has 1 fully saturated rings. The lowest BCUT2D eigenvalue weighted by Gasteiger charge is -2.35. The zero-order valence-corrected chi connectivity index (χ0v) is 12.7. The number of rotatable bonds is 3. The maximum atomic E-state index is 4.42. The number of pyridine rings is 2. The molecular formula is C18H20N4. The van der Waals surface area contributed by atoms with Gasteiger partial charge in [-0.05, 0) is 24.3 Å². The molecule has 0 amide bonds. The van der Waals surface area contributed by atoms with Crippen LogP contribution in [-0.4, -0.2) is 47.6 Å². The van der Waals surface area contributed by atoms with Crippen LogP contribution in [0.1, 0.15) is 12.0 Å². The molecule has 22 heavy (non-hydrogen) atoms. The number of piperazine rings is 1. The predicted octanol–water partition coefficient (Wildman–Crippen LogP) is 2.04. The molecule has 4 nitrogen and oxygen atoms in total. The van der Waals surface area contributed by atoms with E-state index in [0.29, 0.717) is 0 Å². The Morgan fingerprint density at radius 3 is 2.64 bits per heavy atom. The van der Waals surface area contributed by atoms with Crippen molar-refractivity contribution in [2.24, 2.45) is 0 Å². The molecule has 0 atom stereocenters. The van der Waals surface area contributed by atoms with Gasteiger partial charge in [-0.1, -0.05) is 17.9 Å². The van der Waals surface area contributed by atoms with E-state index in [-0.39, 0.29) is 0 Å². The SMILES string of the molecule is C(#Cc1cccnc1)CCN1CCN(c2ccccn2)CC1. The zero-order valence-electron chi connectivity index (χ0n) is 12.7. The number of nitrogens with zero attached hydrogens (tertiary/aromatic N) is 4. The fourth-order valence-electron chi connectivity index (χ4n) is 2.56. The number of hydrogen-bond acceptors (Lipinski definition) is 4. The molecular weight excluding hydrogens is 272 g/mol. The van der Waals surface area contributed by atoms with Crippen LogP contribution in [0.25, 0.3) is 0 Å². The molecule has 3 rings (SSSR count). The fraction of sp³-hybridized carbons (Fsp3) is 0.333. The van der Waals surface area contributed by atoms with Crippen LogP contribution < -0.4 is 4.90 Å². The fourth-order valence-corrected chi connectivity index (χ4v) is 2.56. The zero-order chi connectivity index (χ0) is 15.0. The standard InChI is InChI=1S/C18H20N4/c1-3-10-20-18(8-1)22-14-12-21(13-15-22)11-4-2-6-17-7-5-9-19-16-17/h1,3,5,7-10,16H,4,11-15H2. The molecule has 3 heterocycles. The van der Waals surface area contributed by atoms with Crippen molar-refractivity contribution in [3.63, 3.8) is 0 Å². The van der Waals surface area contributed by atoms with Crippen molar-refractivity contribution in [2.45, 2.75) is 6.42 Å². The van der Waals surface area contributed by atoms with Gasteiger partial charge in [-0.25, -0.2) is 4.98 Å². The van der Waals surface area contributed by atoms with Crippen molar-refractivity contribution in [1.82, 2.24) is 14.9 Å².